The number of benzene rings is 1. The van der Waals surface area contributed by atoms with Crippen LogP contribution >= 0.6 is 0 Å². The highest BCUT2D eigenvalue weighted by molar-refractivity contribution is 5.90. The van der Waals surface area contributed by atoms with Crippen LogP contribution in [0.5, 0.6) is 0 Å². The highest BCUT2D eigenvalue weighted by atomic mass is 16.2. The van der Waals surface area contributed by atoms with E-state index >= 15 is 0 Å². The molecule has 81 valence electrons. The van der Waals surface area contributed by atoms with Crippen LogP contribution in [-0.2, 0) is 4.79 Å². The smallest absolute Gasteiger partial charge is 0.238 e. The Morgan fingerprint density at radius 1 is 1.27 bits per heavy atom. The molecule has 0 aliphatic rings. The van der Waals surface area contributed by atoms with Crippen molar-refractivity contribution in [1.29, 1.82) is 0 Å². The second-order valence-electron chi connectivity index (χ2n) is 3.23. The van der Waals surface area contributed by atoms with Crippen molar-refractivity contribution in [2.45, 2.75) is 20.8 Å². The van der Waals surface area contributed by atoms with E-state index in [1.807, 2.05) is 43.1 Å². The first-order chi connectivity index (χ1) is 7.20. The highest BCUT2D eigenvalue weighted by Gasteiger charge is 2.16. The van der Waals surface area contributed by atoms with E-state index in [4.69, 9.17) is 0 Å². The number of hydrogen-bond acceptors (Lipinski definition) is 2. The van der Waals surface area contributed by atoms with Crippen molar-refractivity contribution in [3.8, 4) is 0 Å². The van der Waals surface area contributed by atoms with Gasteiger partial charge in [0.05, 0.1) is 5.69 Å². The lowest BCUT2D eigenvalue weighted by atomic mass is 10.3. The number of hydrazine groups is 1. The summed E-state index contributed by atoms with van der Waals surface area (Å²) in [4.78, 5) is 11.6. The zero-order valence-electron chi connectivity index (χ0n) is 9.53. The van der Waals surface area contributed by atoms with Crippen LogP contribution in [0, 0.1) is 6.07 Å². The summed E-state index contributed by atoms with van der Waals surface area (Å²) in [6, 6.07) is 10.4. The van der Waals surface area contributed by atoms with Gasteiger partial charge in [-0.15, -0.1) is 0 Å². The molecule has 0 N–H and O–H groups in total. The van der Waals surface area contributed by atoms with Crippen molar-refractivity contribution in [2.24, 2.45) is 0 Å². The summed E-state index contributed by atoms with van der Waals surface area (Å²) in [6.45, 7) is 7.28. The fourth-order valence-electron chi connectivity index (χ4n) is 1.57. The fourth-order valence-corrected chi connectivity index (χ4v) is 1.57. The minimum Gasteiger partial charge on any atom is -0.273 e. The summed E-state index contributed by atoms with van der Waals surface area (Å²) >= 11 is 0. The van der Waals surface area contributed by atoms with Crippen LogP contribution in [0.15, 0.2) is 24.3 Å². The number of nitrogens with zero attached hydrogens (tertiary/aromatic N) is 2. The Morgan fingerprint density at radius 3 is 2.20 bits per heavy atom. The third kappa shape index (κ3) is 2.80. The lowest BCUT2D eigenvalue weighted by molar-refractivity contribution is -0.119. The standard InChI is InChI=1S/C12H17N2O/c1-4-13(5-2)14(11(3)15)12-9-7-6-8-10-12/h7-10H,4-5H2,1-3H3. The Labute approximate surface area is 91.3 Å². The van der Waals surface area contributed by atoms with E-state index in [-0.39, 0.29) is 5.91 Å². The Balaban J connectivity index is 2.97. The first kappa shape index (κ1) is 11.7. The van der Waals surface area contributed by atoms with Crippen molar-refractivity contribution < 1.29 is 4.79 Å². The average molecular weight is 205 g/mol. The molecule has 3 nitrogen and oxygen atoms in total. The summed E-state index contributed by atoms with van der Waals surface area (Å²) in [7, 11) is 0. The van der Waals surface area contributed by atoms with Gasteiger partial charge in [0.15, 0.2) is 0 Å². The van der Waals surface area contributed by atoms with Gasteiger partial charge in [0.2, 0.25) is 5.91 Å². The molecule has 0 aromatic heterocycles. The summed E-state index contributed by atoms with van der Waals surface area (Å²) in [5.41, 5.74) is 0.893. The summed E-state index contributed by atoms with van der Waals surface area (Å²) in [5, 5.41) is 3.70. The molecule has 0 aliphatic heterocycles. The van der Waals surface area contributed by atoms with Gasteiger partial charge in [0, 0.05) is 20.0 Å². The minimum atomic E-state index is 0.0323. The van der Waals surface area contributed by atoms with Gasteiger partial charge in [-0.2, -0.15) is 0 Å². The van der Waals surface area contributed by atoms with Crippen LogP contribution in [0.2, 0.25) is 0 Å². The molecular formula is C12H17N2O. The molecular weight excluding hydrogens is 188 g/mol. The van der Waals surface area contributed by atoms with Crippen molar-refractivity contribution in [3.63, 3.8) is 0 Å². The molecule has 0 bridgehead atoms. The Hall–Kier alpha value is -1.35. The minimum absolute atomic E-state index is 0.0323. The maximum absolute atomic E-state index is 11.6. The molecule has 0 atom stereocenters. The number of carbonyl (C=O) groups excluding carboxylic acids is 1. The highest BCUT2D eigenvalue weighted by Crippen LogP contribution is 2.15. The molecule has 1 amide bonds. The van der Waals surface area contributed by atoms with E-state index in [9.17, 15) is 4.79 Å². The van der Waals surface area contributed by atoms with E-state index < -0.39 is 0 Å². The normalized spacial score (nSPS) is 10.4. The van der Waals surface area contributed by atoms with Crippen molar-refractivity contribution in [3.05, 3.63) is 30.3 Å². The Bertz CT molecular complexity index is 307. The third-order valence-electron chi connectivity index (χ3n) is 2.26. The first-order valence-corrected chi connectivity index (χ1v) is 5.22. The lowest BCUT2D eigenvalue weighted by Crippen LogP contribution is -2.45. The summed E-state index contributed by atoms with van der Waals surface area (Å²) in [5.74, 6) is 0.0323. The Morgan fingerprint density at radius 2 is 1.80 bits per heavy atom. The number of hydrogen-bond donors (Lipinski definition) is 0. The fraction of sp³-hybridized carbons (Fsp3) is 0.417. The second-order valence-corrected chi connectivity index (χ2v) is 3.23. The van der Waals surface area contributed by atoms with Crippen LogP contribution < -0.4 is 5.01 Å². The van der Waals surface area contributed by atoms with E-state index in [0.717, 1.165) is 18.8 Å². The maximum Gasteiger partial charge on any atom is 0.238 e. The number of amides is 1. The van der Waals surface area contributed by atoms with E-state index in [2.05, 4.69) is 6.07 Å². The molecule has 1 aromatic rings. The molecule has 0 saturated heterocycles. The van der Waals surface area contributed by atoms with Gasteiger partial charge in [0.25, 0.3) is 0 Å². The molecule has 1 radical (unpaired) electrons. The van der Waals surface area contributed by atoms with Gasteiger partial charge >= 0.3 is 0 Å². The summed E-state index contributed by atoms with van der Waals surface area (Å²) < 4.78 is 0. The quantitative estimate of drug-likeness (QED) is 0.703. The SMILES string of the molecule is CCN(CC)N(C(C)=O)c1cc[c]cc1. The van der Waals surface area contributed by atoms with E-state index in [1.54, 1.807) is 11.9 Å². The van der Waals surface area contributed by atoms with Crippen LogP contribution in [0.1, 0.15) is 20.8 Å². The van der Waals surface area contributed by atoms with Crippen LogP contribution in [-0.4, -0.2) is 24.0 Å². The van der Waals surface area contributed by atoms with Crippen molar-refractivity contribution in [1.82, 2.24) is 5.01 Å². The van der Waals surface area contributed by atoms with Gasteiger partial charge in [0.1, 0.15) is 0 Å². The lowest BCUT2D eigenvalue weighted by Gasteiger charge is -2.32. The zero-order valence-corrected chi connectivity index (χ0v) is 9.53. The molecule has 0 aliphatic carbocycles. The third-order valence-corrected chi connectivity index (χ3v) is 2.26. The van der Waals surface area contributed by atoms with Crippen LogP contribution in [0.25, 0.3) is 0 Å². The largest absolute Gasteiger partial charge is 0.273 e. The molecule has 1 rings (SSSR count). The van der Waals surface area contributed by atoms with E-state index in [1.165, 1.54) is 0 Å². The van der Waals surface area contributed by atoms with Gasteiger partial charge in [-0.05, 0) is 18.2 Å². The van der Waals surface area contributed by atoms with E-state index in [0.29, 0.717) is 0 Å². The van der Waals surface area contributed by atoms with Gasteiger partial charge in [-0.25, -0.2) is 10.0 Å². The second kappa shape index (κ2) is 5.51. The number of carbonyl (C=O) groups is 1. The van der Waals surface area contributed by atoms with Crippen LogP contribution in [0.3, 0.4) is 0 Å². The molecule has 3 heteroatoms. The number of rotatable bonds is 4. The molecule has 0 fully saturated rings. The van der Waals surface area contributed by atoms with Crippen LogP contribution in [0.4, 0.5) is 5.69 Å². The van der Waals surface area contributed by atoms with Gasteiger partial charge in [-0.3, -0.25) is 4.79 Å². The monoisotopic (exact) mass is 205 g/mol. The molecule has 0 saturated carbocycles. The van der Waals surface area contributed by atoms with Crippen molar-refractivity contribution in [2.75, 3.05) is 18.1 Å². The van der Waals surface area contributed by atoms with Crippen molar-refractivity contribution >= 4 is 11.6 Å². The molecule has 0 unspecified atom stereocenters. The topological polar surface area (TPSA) is 23.6 Å². The Kier molecular flexibility index (Phi) is 4.31. The molecule has 0 spiro atoms. The predicted octanol–water partition coefficient (Wildman–Crippen LogP) is 2.10. The maximum atomic E-state index is 11.6. The van der Waals surface area contributed by atoms with Gasteiger partial charge < -0.3 is 0 Å². The first-order valence-electron chi connectivity index (χ1n) is 5.22. The molecule has 0 heterocycles. The average Bonchev–Trinajstić information content (AvgIpc) is 2.26. The number of anilines is 1. The summed E-state index contributed by atoms with van der Waals surface area (Å²) in [6.07, 6.45) is 0. The predicted molar refractivity (Wildman–Crippen MR) is 61.4 cm³/mol. The molecule has 1 aromatic carbocycles. The zero-order chi connectivity index (χ0) is 11.3. The van der Waals surface area contributed by atoms with Gasteiger partial charge in [-0.1, -0.05) is 26.0 Å². The molecule has 15 heavy (non-hydrogen) atoms.